The second-order valence-electron chi connectivity index (χ2n) is 8.01. The molecule has 14 heteroatoms. The maximum absolute atomic E-state index is 15.3. The first-order chi connectivity index (χ1) is 16.6. The van der Waals surface area contributed by atoms with E-state index in [9.17, 15) is 17.6 Å². The van der Waals surface area contributed by atoms with E-state index < -0.39 is 43.5 Å². The number of hydrogen-bond acceptors (Lipinski definition) is 6. The standard InChI is InChI=1S/C20H19F5N8O/c1-31-7-14(20(24,25)9-31)26-19-27-18(34-2)17-16(11(21)6-33(17)29-19)10-3-4-12-13(5-10)32(30-28-12)8-15(22)23/h3-6,14-15H,7-9H2,1-2H3,(H,26,29)/i6D. The fourth-order valence-electron chi connectivity index (χ4n) is 4.08. The Labute approximate surface area is 189 Å². The van der Waals surface area contributed by atoms with E-state index in [2.05, 4.69) is 25.4 Å². The largest absolute Gasteiger partial charge is 0.479 e. The minimum absolute atomic E-state index is 0.0106. The Morgan fingerprint density at radius 2 is 2.18 bits per heavy atom. The summed E-state index contributed by atoms with van der Waals surface area (Å²) in [6.07, 6.45) is -3.30. The van der Waals surface area contributed by atoms with Crippen LogP contribution in [0.5, 0.6) is 5.88 Å². The average Bonchev–Trinajstić information content (AvgIpc) is 3.39. The number of rotatable bonds is 5. The number of ether oxygens (including phenoxy) is 1. The number of likely N-dealkylation sites (tertiary alicyclic amines) is 1. The number of fused-ring (bicyclic) bond motifs is 2. The Hall–Kier alpha value is -3.55. The Balaban J connectivity index is 1.70. The molecule has 1 aromatic carbocycles. The maximum Gasteiger partial charge on any atom is 0.283 e. The molecular formula is C20H19F5N8O. The van der Waals surface area contributed by atoms with E-state index in [1.54, 1.807) is 7.05 Å². The van der Waals surface area contributed by atoms with Crippen molar-refractivity contribution in [2.45, 2.75) is 24.9 Å². The summed E-state index contributed by atoms with van der Waals surface area (Å²) in [5, 5.41) is 10.1. The summed E-state index contributed by atoms with van der Waals surface area (Å²) in [5.74, 6) is -4.21. The number of alkyl halides is 4. The Morgan fingerprint density at radius 3 is 2.85 bits per heavy atom. The van der Waals surface area contributed by atoms with E-state index in [1.165, 1.54) is 30.2 Å². The average molecular weight is 483 g/mol. The normalized spacial score (nSPS) is 19.6. The molecule has 34 heavy (non-hydrogen) atoms. The first-order valence-electron chi connectivity index (χ1n) is 10.7. The van der Waals surface area contributed by atoms with Gasteiger partial charge in [0.05, 0.1) is 32.3 Å². The fraction of sp³-hybridized carbons (Fsp3) is 0.400. The lowest BCUT2D eigenvalue weighted by atomic mass is 10.1. The van der Waals surface area contributed by atoms with Gasteiger partial charge >= 0.3 is 0 Å². The van der Waals surface area contributed by atoms with Crippen molar-refractivity contribution in [3.63, 3.8) is 0 Å². The maximum atomic E-state index is 15.3. The van der Waals surface area contributed by atoms with Crippen LogP contribution in [0.1, 0.15) is 1.37 Å². The lowest BCUT2D eigenvalue weighted by Crippen LogP contribution is -2.33. The van der Waals surface area contributed by atoms with Crippen LogP contribution in [0.2, 0.25) is 0 Å². The molecule has 5 rings (SSSR count). The third-order valence-corrected chi connectivity index (χ3v) is 5.55. The van der Waals surface area contributed by atoms with Crippen LogP contribution >= 0.6 is 0 Å². The van der Waals surface area contributed by atoms with Crippen molar-refractivity contribution in [1.29, 1.82) is 0 Å². The molecule has 1 unspecified atom stereocenters. The van der Waals surface area contributed by atoms with Crippen molar-refractivity contribution < 1.29 is 28.1 Å². The summed E-state index contributed by atoms with van der Waals surface area (Å²) >= 11 is 0. The molecule has 1 fully saturated rings. The first kappa shape index (κ1) is 21.0. The number of methoxy groups -OCH3 is 1. The molecule has 0 radical (unpaired) electrons. The van der Waals surface area contributed by atoms with E-state index in [0.29, 0.717) is 5.52 Å². The number of likely N-dealkylation sites (N-methyl/N-ethyl adjacent to an activating group) is 1. The monoisotopic (exact) mass is 483 g/mol. The number of nitrogens with zero attached hydrogens (tertiary/aromatic N) is 7. The van der Waals surface area contributed by atoms with Crippen molar-refractivity contribution in [1.82, 2.24) is 34.5 Å². The smallest absolute Gasteiger partial charge is 0.283 e. The molecule has 1 saturated heterocycles. The summed E-state index contributed by atoms with van der Waals surface area (Å²) in [4.78, 5) is 9.54. The van der Waals surface area contributed by atoms with Crippen LogP contribution in [0, 0.1) is 5.82 Å². The number of H-pyrrole nitrogens is 1. The zero-order valence-electron chi connectivity index (χ0n) is 18.9. The van der Waals surface area contributed by atoms with E-state index >= 15 is 4.39 Å². The van der Waals surface area contributed by atoms with Gasteiger partial charge in [0.1, 0.15) is 23.6 Å². The van der Waals surface area contributed by atoms with Crippen LogP contribution in [0.25, 0.3) is 27.7 Å². The fourth-order valence-corrected chi connectivity index (χ4v) is 4.08. The second kappa shape index (κ2) is 8.04. The summed E-state index contributed by atoms with van der Waals surface area (Å²) in [6, 6.07) is 3.01. The summed E-state index contributed by atoms with van der Waals surface area (Å²) < 4.78 is 85.2. The highest BCUT2D eigenvalue weighted by molar-refractivity contribution is 5.89. The molecule has 4 heterocycles. The number of aromatic nitrogens is 6. The zero-order chi connectivity index (χ0) is 25.1. The number of halogens is 5. The Morgan fingerprint density at radius 1 is 1.38 bits per heavy atom. The second-order valence-corrected chi connectivity index (χ2v) is 8.01. The van der Waals surface area contributed by atoms with Gasteiger partial charge in [0, 0.05) is 6.54 Å². The highest BCUT2D eigenvalue weighted by atomic mass is 19.3. The van der Waals surface area contributed by atoms with Gasteiger partial charge in [0.15, 0.2) is 5.82 Å². The molecule has 0 saturated carbocycles. The molecule has 9 nitrogen and oxygen atoms in total. The summed E-state index contributed by atoms with van der Waals surface area (Å²) in [7, 11) is 2.80. The third kappa shape index (κ3) is 3.77. The van der Waals surface area contributed by atoms with Gasteiger partial charge in [0.25, 0.3) is 12.3 Å². The molecule has 0 bridgehead atoms. The molecule has 0 amide bonds. The molecule has 0 aliphatic carbocycles. The van der Waals surface area contributed by atoms with Crippen LogP contribution in [0.4, 0.5) is 22.0 Å². The first-order valence-corrected chi connectivity index (χ1v) is 10.2. The SMILES string of the molecule is [2H]c1c(F)c(-c2ccc3nnn(CC(F)F)c3c2)c2c(OC)nc(=NC3CN(C)CC3(F)F)[nH]n12. The van der Waals surface area contributed by atoms with Crippen molar-refractivity contribution in [2.24, 2.45) is 4.99 Å². The minimum Gasteiger partial charge on any atom is -0.479 e. The van der Waals surface area contributed by atoms with Gasteiger partial charge in [-0.05, 0) is 24.7 Å². The molecule has 180 valence electrons. The van der Waals surface area contributed by atoms with Crippen molar-refractivity contribution in [3.8, 4) is 17.0 Å². The van der Waals surface area contributed by atoms with Gasteiger partial charge in [-0.15, -0.1) is 5.10 Å². The van der Waals surface area contributed by atoms with E-state index in [1.807, 2.05) is 0 Å². The predicted molar refractivity (Wildman–Crippen MR) is 110 cm³/mol. The van der Waals surface area contributed by atoms with Gasteiger partial charge in [-0.1, -0.05) is 11.3 Å². The number of aromatic amines is 1. The van der Waals surface area contributed by atoms with E-state index in [0.717, 1.165) is 9.20 Å². The van der Waals surface area contributed by atoms with Crippen molar-refractivity contribution >= 4 is 16.6 Å². The summed E-state index contributed by atoms with van der Waals surface area (Å²) in [5.41, 5.74) is 0.439. The Bertz CT molecular complexity index is 1500. The molecule has 1 atom stereocenters. The third-order valence-electron chi connectivity index (χ3n) is 5.55. The molecular weight excluding hydrogens is 463 g/mol. The molecule has 1 aliphatic heterocycles. The Kier molecular flexibility index (Phi) is 4.97. The molecule has 1 N–H and O–H groups in total. The lowest BCUT2D eigenvalue weighted by molar-refractivity contribution is 0.000405. The van der Waals surface area contributed by atoms with E-state index in [-0.39, 0.29) is 40.2 Å². The van der Waals surface area contributed by atoms with Gasteiger partial charge in [-0.3, -0.25) is 14.5 Å². The van der Waals surface area contributed by atoms with Crippen molar-refractivity contribution in [3.05, 3.63) is 35.8 Å². The number of nitrogens with one attached hydrogen (secondary N) is 1. The topological polar surface area (TPSA) is 88.6 Å². The zero-order valence-corrected chi connectivity index (χ0v) is 17.9. The van der Waals surface area contributed by atoms with Gasteiger partial charge < -0.3 is 4.74 Å². The highest BCUT2D eigenvalue weighted by Crippen LogP contribution is 2.34. The lowest BCUT2D eigenvalue weighted by Gasteiger charge is -2.13. The molecule has 3 aromatic heterocycles. The van der Waals surface area contributed by atoms with Crippen LogP contribution < -0.4 is 10.4 Å². The van der Waals surface area contributed by atoms with Crippen LogP contribution in [-0.4, -0.2) is 80.1 Å². The van der Waals surface area contributed by atoms with Gasteiger partial charge in [0.2, 0.25) is 11.5 Å². The minimum atomic E-state index is -3.09. The van der Waals surface area contributed by atoms with E-state index in [4.69, 9.17) is 6.11 Å². The van der Waals surface area contributed by atoms with Crippen molar-refractivity contribution in [2.75, 3.05) is 27.2 Å². The molecule has 4 aromatic rings. The highest BCUT2D eigenvalue weighted by Gasteiger charge is 2.47. The predicted octanol–water partition coefficient (Wildman–Crippen LogP) is 2.34. The number of benzene rings is 1. The number of hydrogen-bond donors (Lipinski definition) is 1. The van der Waals surface area contributed by atoms with Crippen LogP contribution in [0.15, 0.2) is 29.4 Å². The molecule has 0 spiro atoms. The van der Waals surface area contributed by atoms with Crippen LogP contribution in [0.3, 0.4) is 0 Å². The van der Waals surface area contributed by atoms with Gasteiger partial charge in [-0.25, -0.2) is 31.6 Å². The van der Waals surface area contributed by atoms with Crippen LogP contribution in [-0.2, 0) is 6.54 Å². The quantitative estimate of drug-likeness (QED) is 0.441. The van der Waals surface area contributed by atoms with Gasteiger partial charge in [-0.2, -0.15) is 4.98 Å². The molecule has 1 aliphatic rings. The summed E-state index contributed by atoms with van der Waals surface area (Å²) in [6.45, 7) is -1.18.